The minimum atomic E-state index is -0.582. The molecule has 0 fully saturated rings. The lowest BCUT2D eigenvalue weighted by molar-refractivity contribution is -0.133. The summed E-state index contributed by atoms with van der Waals surface area (Å²) >= 11 is 0. The summed E-state index contributed by atoms with van der Waals surface area (Å²) < 4.78 is 13.9. The van der Waals surface area contributed by atoms with Crippen molar-refractivity contribution < 1.29 is 23.9 Å². The van der Waals surface area contributed by atoms with Crippen LogP contribution in [0.25, 0.3) is 22.5 Å². The molecule has 0 saturated carbocycles. The number of aryl methyl sites for hydroxylation is 1. The second-order valence-electron chi connectivity index (χ2n) is 17.0. The predicted molar refractivity (Wildman–Crippen MR) is 218 cm³/mol. The third kappa shape index (κ3) is 12.7. The molecule has 55 heavy (non-hydrogen) atoms. The molecule has 0 atom stereocenters. The van der Waals surface area contributed by atoms with E-state index in [1.54, 1.807) is 4.90 Å². The van der Waals surface area contributed by atoms with Gasteiger partial charge in [0.05, 0.1) is 30.1 Å². The van der Waals surface area contributed by atoms with Gasteiger partial charge in [0.25, 0.3) is 0 Å². The van der Waals surface area contributed by atoms with Gasteiger partial charge >= 0.3 is 0 Å². The van der Waals surface area contributed by atoms with Crippen LogP contribution in [-0.2, 0) is 36.9 Å². The lowest BCUT2D eigenvalue weighted by Crippen LogP contribution is -2.49. The lowest BCUT2D eigenvalue weighted by Gasteiger charge is -2.34. The van der Waals surface area contributed by atoms with Gasteiger partial charge in [0, 0.05) is 67.8 Å². The minimum Gasteiger partial charge on any atom is -0.380 e. The summed E-state index contributed by atoms with van der Waals surface area (Å²) in [5, 5.41) is 18.5. The molecule has 12 nitrogen and oxygen atoms in total. The number of likely N-dealkylation sites (N-methyl/N-ethyl adjacent to an activating group) is 1. The number of rotatable bonds is 21. The number of anilines is 1. The van der Waals surface area contributed by atoms with Gasteiger partial charge in [-0.15, -0.1) is 5.10 Å². The maximum absolute atomic E-state index is 14.0. The number of para-hydroxylation sites is 1. The fourth-order valence-electron chi connectivity index (χ4n) is 7.05. The Morgan fingerprint density at radius 2 is 1.58 bits per heavy atom. The monoisotopic (exact) mass is 760 g/mol. The van der Waals surface area contributed by atoms with Gasteiger partial charge in [-0.3, -0.25) is 14.4 Å². The molecule has 2 aromatic carbocycles. The number of benzene rings is 2. The maximum Gasteiger partial charge on any atom is 0.227 e. The average Bonchev–Trinajstić information content (AvgIpc) is 3.52. The highest BCUT2D eigenvalue weighted by Gasteiger charge is 2.33. The molecule has 0 spiro atoms. The maximum atomic E-state index is 14.0. The first-order chi connectivity index (χ1) is 26.0. The zero-order valence-electron chi connectivity index (χ0n) is 34.7. The number of hydrogen-bond donors (Lipinski definition) is 3. The summed E-state index contributed by atoms with van der Waals surface area (Å²) in [7, 11) is 1.90. The summed E-state index contributed by atoms with van der Waals surface area (Å²) in [5.74, 6) is 0.182. The van der Waals surface area contributed by atoms with Crippen LogP contribution in [0.3, 0.4) is 0 Å². The number of fused-ring (bicyclic) bond motifs is 5. The van der Waals surface area contributed by atoms with E-state index in [9.17, 15) is 14.4 Å². The number of carbonyl (C=O) groups excluding carboxylic acids is 3. The molecule has 1 aromatic heterocycles. The van der Waals surface area contributed by atoms with Crippen LogP contribution in [0.4, 0.5) is 5.69 Å². The van der Waals surface area contributed by atoms with Gasteiger partial charge in [-0.2, -0.15) is 0 Å². The molecule has 2 heterocycles. The molecular formula is C43H65N7O5. The molecule has 3 aromatic rings. The molecular weight excluding hydrogens is 695 g/mol. The SMILES string of the molecule is CNCCOCCCn1nnc2c1-c1ccccc1N(C(=O)CCC(=O)NCCC(C)(C)OCCC(C)(C)C(=O)NC(C)(C)CC(C)C)Cc1ccccc1-2. The van der Waals surface area contributed by atoms with Crippen molar-refractivity contribution in [2.24, 2.45) is 11.3 Å². The number of nitrogens with zero attached hydrogens (tertiary/aromatic N) is 4. The van der Waals surface area contributed by atoms with Gasteiger partial charge in [-0.05, 0) is 78.0 Å². The Bertz CT molecular complexity index is 1730. The van der Waals surface area contributed by atoms with E-state index in [1.165, 1.54) is 0 Å². The molecule has 1 aliphatic heterocycles. The Labute approximate surface area is 328 Å². The summed E-state index contributed by atoms with van der Waals surface area (Å²) in [5.41, 5.74) is 3.80. The van der Waals surface area contributed by atoms with E-state index < -0.39 is 11.0 Å². The van der Waals surface area contributed by atoms with Crippen molar-refractivity contribution in [3.8, 4) is 22.5 Å². The van der Waals surface area contributed by atoms with Crippen LogP contribution in [0, 0.1) is 11.3 Å². The Balaban J connectivity index is 1.33. The van der Waals surface area contributed by atoms with Crippen molar-refractivity contribution in [1.29, 1.82) is 0 Å². The van der Waals surface area contributed by atoms with Crippen molar-refractivity contribution in [3.05, 3.63) is 54.1 Å². The number of amides is 3. The Morgan fingerprint density at radius 1 is 0.873 bits per heavy atom. The largest absolute Gasteiger partial charge is 0.380 e. The number of carbonyl (C=O) groups is 3. The fourth-order valence-corrected chi connectivity index (χ4v) is 7.05. The first-order valence-electron chi connectivity index (χ1n) is 19.9. The molecule has 0 unspecified atom stereocenters. The highest BCUT2D eigenvalue weighted by Crippen LogP contribution is 2.41. The number of nitrogens with one attached hydrogen (secondary N) is 3. The van der Waals surface area contributed by atoms with E-state index in [0.717, 1.165) is 53.2 Å². The van der Waals surface area contributed by atoms with E-state index in [4.69, 9.17) is 9.47 Å². The van der Waals surface area contributed by atoms with Crippen LogP contribution in [0.2, 0.25) is 0 Å². The van der Waals surface area contributed by atoms with Crippen LogP contribution >= 0.6 is 0 Å². The molecule has 0 bridgehead atoms. The van der Waals surface area contributed by atoms with E-state index in [1.807, 2.05) is 88.0 Å². The summed E-state index contributed by atoms with van der Waals surface area (Å²) in [6, 6.07) is 15.8. The Morgan fingerprint density at radius 3 is 2.31 bits per heavy atom. The van der Waals surface area contributed by atoms with Gasteiger partial charge in [-0.1, -0.05) is 75.4 Å². The minimum absolute atomic E-state index is 0.0236. The topological polar surface area (TPSA) is 140 Å². The third-order valence-electron chi connectivity index (χ3n) is 10.1. The van der Waals surface area contributed by atoms with Crippen LogP contribution < -0.4 is 20.9 Å². The van der Waals surface area contributed by atoms with Crippen LogP contribution in [0.1, 0.15) is 99.5 Å². The molecule has 3 amide bonds. The van der Waals surface area contributed by atoms with E-state index in [2.05, 4.69) is 54.0 Å². The van der Waals surface area contributed by atoms with E-state index in [-0.39, 0.29) is 36.1 Å². The average molecular weight is 760 g/mol. The number of hydrogen-bond acceptors (Lipinski definition) is 8. The molecule has 0 saturated heterocycles. The zero-order valence-corrected chi connectivity index (χ0v) is 34.7. The molecule has 1 aliphatic rings. The Kier molecular flexibility index (Phi) is 15.6. The van der Waals surface area contributed by atoms with E-state index >= 15 is 0 Å². The van der Waals surface area contributed by atoms with Gasteiger partial charge in [0.15, 0.2) is 0 Å². The predicted octanol–water partition coefficient (Wildman–Crippen LogP) is 6.52. The molecule has 0 radical (unpaired) electrons. The quantitative estimate of drug-likeness (QED) is 0.104. The van der Waals surface area contributed by atoms with Gasteiger partial charge < -0.3 is 30.3 Å². The van der Waals surface area contributed by atoms with Crippen molar-refractivity contribution >= 4 is 23.4 Å². The molecule has 0 aliphatic carbocycles. The standard InChI is InChI=1S/C43H65N7O5/c1-31(2)29-42(5,6)46-40(53)41(3,4)22-27-55-43(7,8)21-23-45-36(51)19-20-37(52)49-30-32-15-10-11-16-33(32)38-39(34-17-12-13-18-35(34)49)50(48-47-38)25-14-26-54-28-24-44-9/h10-13,15-18,31,44H,14,19-30H2,1-9H3,(H,45,51)(H,46,53). The molecule has 12 heteroatoms. The van der Waals surface area contributed by atoms with Crippen molar-refractivity contribution in [2.45, 2.75) is 118 Å². The molecule has 4 rings (SSSR count). The van der Waals surface area contributed by atoms with Crippen molar-refractivity contribution in [3.63, 3.8) is 0 Å². The zero-order chi connectivity index (χ0) is 40.2. The van der Waals surface area contributed by atoms with Crippen molar-refractivity contribution in [1.82, 2.24) is 30.9 Å². The first-order valence-corrected chi connectivity index (χ1v) is 19.9. The number of aromatic nitrogens is 3. The Hall–Kier alpha value is -4.13. The third-order valence-corrected chi connectivity index (χ3v) is 10.1. The van der Waals surface area contributed by atoms with Crippen molar-refractivity contribution in [2.75, 3.05) is 44.9 Å². The van der Waals surface area contributed by atoms with Gasteiger partial charge in [0.1, 0.15) is 5.69 Å². The normalized spacial score (nSPS) is 13.1. The summed E-state index contributed by atoms with van der Waals surface area (Å²) in [6.07, 6.45) is 2.95. The number of ether oxygens (including phenoxy) is 2. The summed E-state index contributed by atoms with van der Waals surface area (Å²) in [6.45, 7) is 20.1. The molecule has 302 valence electrons. The second kappa shape index (κ2) is 19.6. The fraction of sp³-hybridized carbons (Fsp3) is 0.605. The second-order valence-corrected chi connectivity index (χ2v) is 17.0. The van der Waals surface area contributed by atoms with Crippen LogP contribution in [0.15, 0.2) is 48.5 Å². The highest BCUT2D eigenvalue weighted by atomic mass is 16.5. The van der Waals surface area contributed by atoms with E-state index in [0.29, 0.717) is 58.2 Å². The van der Waals surface area contributed by atoms with Crippen LogP contribution in [0.5, 0.6) is 0 Å². The molecule has 3 N–H and O–H groups in total. The van der Waals surface area contributed by atoms with Crippen LogP contribution in [-0.4, -0.2) is 83.8 Å². The van der Waals surface area contributed by atoms with Gasteiger partial charge in [-0.25, -0.2) is 4.68 Å². The smallest absolute Gasteiger partial charge is 0.227 e. The summed E-state index contributed by atoms with van der Waals surface area (Å²) in [4.78, 5) is 41.9. The van der Waals surface area contributed by atoms with Gasteiger partial charge in [0.2, 0.25) is 17.7 Å². The highest BCUT2D eigenvalue weighted by molar-refractivity contribution is 6.01. The lowest BCUT2D eigenvalue weighted by atomic mass is 9.85. The first kappa shape index (κ1) is 43.6.